The quantitative estimate of drug-likeness (QED) is 0.764. The second-order valence-electron chi connectivity index (χ2n) is 5.22. The lowest BCUT2D eigenvalue weighted by Crippen LogP contribution is -2.37. The monoisotopic (exact) mass is 344 g/mol. The van der Waals surface area contributed by atoms with Crippen LogP contribution in [-0.4, -0.2) is 20.0 Å². The third kappa shape index (κ3) is 2.59. The molecule has 1 amide bonds. The Kier molecular flexibility index (Phi) is 3.94. The number of rotatable bonds is 2. The van der Waals surface area contributed by atoms with Gasteiger partial charge in [-0.15, -0.1) is 0 Å². The van der Waals surface area contributed by atoms with Gasteiger partial charge in [-0.1, -0.05) is 11.6 Å². The molecule has 2 aromatic heterocycles. The minimum atomic E-state index is -0.521. The summed E-state index contributed by atoms with van der Waals surface area (Å²) in [7, 11) is 2.89. The lowest BCUT2D eigenvalue weighted by molar-refractivity contribution is 0.102. The van der Waals surface area contributed by atoms with Crippen molar-refractivity contribution in [3.63, 3.8) is 0 Å². The predicted molar refractivity (Wildman–Crippen MR) is 91.6 cm³/mol. The number of aromatic nitrogens is 3. The fourth-order valence-corrected chi connectivity index (χ4v) is 2.51. The van der Waals surface area contributed by atoms with Gasteiger partial charge in [-0.05, 0) is 30.3 Å². The number of nitrogens with one attached hydrogen (secondary N) is 1. The Morgan fingerprint density at radius 2 is 1.75 bits per heavy atom. The smallest absolute Gasteiger partial charge is 0.321 e. The van der Waals surface area contributed by atoms with Crippen molar-refractivity contribution in [3.05, 3.63) is 68.0 Å². The Labute approximate surface area is 141 Å². The van der Waals surface area contributed by atoms with Crippen LogP contribution in [0.1, 0.15) is 10.4 Å². The summed E-state index contributed by atoms with van der Waals surface area (Å²) in [5.41, 5.74) is -0.118. The van der Waals surface area contributed by atoms with E-state index in [1.807, 2.05) is 0 Å². The zero-order chi connectivity index (χ0) is 17.4. The molecule has 0 aliphatic rings. The van der Waals surface area contributed by atoms with Gasteiger partial charge in [0.15, 0.2) is 5.65 Å². The third-order valence-electron chi connectivity index (χ3n) is 3.70. The van der Waals surface area contributed by atoms with E-state index in [-0.39, 0.29) is 16.7 Å². The molecule has 0 fully saturated rings. The summed E-state index contributed by atoms with van der Waals surface area (Å²) in [6.07, 6.45) is 1.43. The third-order valence-corrected chi connectivity index (χ3v) is 3.95. The van der Waals surface area contributed by atoms with Gasteiger partial charge in [-0.25, -0.2) is 9.78 Å². The molecule has 8 heteroatoms. The molecular formula is C16H13ClN4O3. The summed E-state index contributed by atoms with van der Waals surface area (Å²) in [6, 6.07) is 7.87. The minimum absolute atomic E-state index is 0.171. The average molecular weight is 345 g/mol. The fraction of sp³-hybridized carbons (Fsp3) is 0.125. The summed E-state index contributed by atoms with van der Waals surface area (Å²) in [4.78, 5) is 40.8. The van der Waals surface area contributed by atoms with E-state index in [9.17, 15) is 14.4 Å². The molecule has 0 aliphatic heterocycles. The van der Waals surface area contributed by atoms with Crippen LogP contribution < -0.4 is 16.6 Å². The SMILES string of the molecule is Cn1c(=O)c2c(NC(=O)c3ccc(Cl)cc3)ccnc2n(C)c1=O. The largest absolute Gasteiger partial charge is 0.332 e. The van der Waals surface area contributed by atoms with Crippen LogP contribution in [-0.2, 0) is 14.1 Å². The number of aryl methyl sites for hydroxylation is 1. The minimum Gasteiger partial charge on any atom is -0.321 e. The average Bonchev–Trinajstić information content (AvgIpc) is 2.58. The molecule has 0 aliphatic carbocycles. The standard InChI is InChI=1S/C16H13ClN4O3/c1-20-13-12(15(23)21(2)16(20)24)11(7-8-18-13)19-14(22)9-3-5-10(17)6-4-9/h3-8H,1-2H3,(H,18,19,22). The van der Waals surface area contributed by atoms with E-state index in [1.165, 1.54) is 30.9 Å². The molecule has 0 radical (unpaired) electrons. The van der Waals surface area contributed by atoms with Gasteiger partial charge in [0, 0.05) is 30.9 Å². The second-order valence-corrected chi connectivity index (χ2v) is 5.66. The number of carbonyl (C=O) groups excluding carboxylic acids is 1. The van der Waals surface area contributed by atoms with Gasteiger partial charge in [0.1, 0.15) is 5.39 Å². The zero-order valence-corrected chi connectivity index (χ0v) is 13.7. The van der Waals surface area contributed by atoms with Crippen molar-refractivity contribution in [1.82, 2.24) is 14.1 Å². The first-order chi connectivity index (χ1) is 11.4. The van der Waals surface area contributed by atoms with Crippen LogP contribution in [0.3, 0.4) is 0 Å². The summed E-state index contributed by atoms with van der Waals surface area (Å²) in [5, 5.41) is 3.37. The van der Waals surface area contributed by atoms with E-state index in [0.29, 0.717) is 10.6 Å². The maximum atomic E-state index is 12.4. The Morgan fingerprint density at radius 1 is 1.08 bits per heavy atom. The maximum absolute atomic E-state index is 12.4. The van der Waals surface area contributed by atoms with Crippen LogP contribution >= 0.6 is 11.6 Å². The van der Waals surface area contributed by atoms with Gasteiger partial charge in [-0.2, -0.15) is 0 Å². The number of halogens is 1. The molecular weight excluding hydrogens is 332 g/mol. The Bertz CT molecular complexity index is 1070. The number of benzene rings is 1. The first kappa shape index (κ1) is 15.9. The molecule has 0 unspecified atom stereocenters. The van der Waals surface area contributed by atoms with E-state index in [4.69, 9.17) is 11.6 Å². The molecule has 24 heavy (non-hydrogen) atoms. The maximum Gasteiger partial charge on any atom is 0.332 e. The number of nitrogens with zero attached hydrogens (tertiary/aromatic N) is 3. The number of hydrogen-bond acceptors (Lipinski definition) is 4. The molecule has 3 aromatic rings. The number of hydrogen-bond donors (Lipinski definition) is 1. The number of pyridine rings is 1. The Balaban J connectivity index is 2.14. The van der Waals surface area contributed by atoms with Crippen LogP contribution in [0.15, 0.2) is 46.1 Å². The van der Waals surface area contributed by atoms with Crippen molar-refractivity contribution in [2.24, 2.45) is 14.1 Å². The summed E-state index contributed by atoms with van der Waals surface area (Å²) in [6.45, 7) is 0. The molecule has 1 N–H and O–H groups in total. The van der Waals surface area contributed by atoms with E-state index in [0.717, 1.165) is 4.57 Å². The van der Waals surface area contributed by atoms with Crippen LogP contribution in [0, 0.1) is 0 Å². The molecule has 0 bridgehead atoms. The van der Waals surface area contributed by atoms with Gasteiger partial charge in [-0.3, -0.25) is 18.7 Å². The second kappa shape index (κ2) is 5.93. The van der Waals surface area contributed by atoms with Crippen molar-refractivity contribution in [3.8, 4) is 0 Å². The van der Waals surface area contributed by atoms with Crippen LogP contribution in [0.5, 0.6) is 0 Å². The van der Waals surface area contributed by atoms with Crippen molar-refractivity contribution in [1.29, 1.82) is 0 Å². The lowest BCUT2D eigenvalue weighted by Gasteiger charge is -2.11. The van der Waals surface area contributed by atoms with Gasteiger partial charge < -0.3 is 5.32 Å². The van der Waals surface area contributed by atoms with Crippen LogP contribution in [0.2, 0.25) is 5.02 Å². The van der Waals surface area contributed by atoms with E-state index >= 15 is 0 Å². The molecule has 3 rings (SSSR count). The lowest BCUT2D eigenvalue weighted by atomic mass is 10.2. The van der Waals surface area contributed by atoms with Crippen molar-refractivity contribution < 1.29 is 4.79 Å². The topological polar surface area (TPSA) is 86.0 Å². The normalized spacial score (nSPS) is 10.8. The summed E-state index contributed by atoms with van der Waals surface area (Å²) in [5.74, 6) is -0.393. The highest BCUT2D eigenvalue weighted by Crippen LogP contribution is 2.18. The van der Waals surface area contributed by atoms with Crippen molar-refractivity contribution in [2.75, 3.05) is 5.32 Å². The first-order valence-electron chi connectivity index (χ1n) is 7.02. The van der Waals surface area contributed by atoms with Gasteiger partial charge in [0.05, 0.1) is 5.69 Å². The molecule has 0 atom stereocenters. The number of anilines is 1. The molecule has 0 spiro atoms. The van der Waals surface area contributed by atoms with E-state index in [2.05, 4.69) is 10.3 Å². The molecule has 0 saturated heterocycles. The highest BCUT2D eigenvalue weighted by molar-refractivity contribution is 6.30. The van der Waals surface area contributed by atoms with Gasteiger partial charge in [0.2, 0.25) is 0 Å². The summed E-state index contributed by atoms with van der Waals surface area (Å²) >= 11 is 5.81. The predicted octanol–water partition coefficient (Wildman–Crippen LogP) is 1.54. The highest BCUT2D eigenvalue weighted by atomic mass is 35.5. The van der Waals surface area contributed by atoms with Crippen LogP contribution in [0.25, 0.3) is 11.0 Å². The van der Waals surface area contributed by atoms with Crippen molar-refractivity contribution >= 4 is 34.2 Å². The molecule has 122 valence electrons. The first-order valence-corrected chi connectivity index (χ1v) is 7.39. The van der Waals surface area contributed by atoms with Gasteiger partial charge in [0.25, 0.3) is 11.5 Å². The Hall–Kier alpha value is -2.93. The van der Waals surface area contributed by atoms with Crippen LogP contribution in [0.4, 0.5) is 5.69 Å². The number of fused-ring (bicyclic) bond motifs is 1. The number of carbonyl (C=O) groups is 1. The van der Waals surface area contributed by atoms with E-state index < -0.39 is 17.2 Å². The molecule has 7 nitrogen and oxygen atoms in total. The summed E-state index contributed by atoms with van der Waals surface area (Å²) < 4.78 is 2.23. The zero-order valence-electron chi connectivity index (χ0n) is 12.9. The molecule has 2 heterocycles. The fourth-order valence-electron chi connectivity index (χ4n) is 2.39. The Morgan fingerprint density at radius 3 is 2.42 bits per heavy atom. The molecule has 1 aromatic carbocycles. The van der Waals surface area contributed by atoms with E-state index in [1.54, 1.807) is 24.3 Å². The van der Waals surface area contributed by atoms with Crippen molar-refractivity contribution in [2.45, 2.75) is 0 Å². The number of amides is 1. The molecule has 0 saturated carbocycles. The van der Waals surface area contributed by atoms with Gasteiger partial charge >= 0.3 is 5.69 Å². The highest BCUT2D eigenvalue weighted by Gasteiger charge is 2.15.